The molecule has 4 aromatic rings. The number of amidine groups is 1. The Bertz CT molecular complexity index is 2190. The summed E-state index contributed by atoms with van der Waals surface area (Å²) in [6, 6.07) is 16.0. The van der Waals surface area contributed by atoms with E-state index in [-0.39, 0.29) is 30.2 Å². The van der Waals surface area contributed by atoms with Crippen molar-refractivity contribution < 1.29 is 44.3 Å². The summed E-state index contributed by atoms with van der Waals surface area (Å²) in [5.74, 6) is -2.17. The fourth-order valence-electron chi connectivity index (χ4n) is 5.38. The van der Waals surface area contributed by atoms with E-state index in [0.717, 1.165) is 36.8 Å². The SMILES string of the molecule is CCCCCCOC(=O)NC(=N)c1ccc(NCc2nc3cc(C(=O)N(c4ccccn4)C(CC(=O)OS(=O)(=O)CCC)OS(C)(=O)=O)ccc3n2C)cc1. The van der Waals surface area contributed by atoms with Gasteiger partial charge < -0.3 is 18.8 Å². The van der Waals surface area contributed by atoms with Crippen LogP contribution in [0.5, 0.6) is 0 Å². The zero-order valence-corrected chi connectivity index (χ0v) is 32.6. The van der Waals surface area contributed by atoms with E-state index < -0.39 is 56.6 Å². The molecule has 2 heterocycles. The van der Waals surface area contributed by atoms with Gasteiger partial charge in [-0.05, 0) is 67.4 Å². The number of unbranched alkanes of at least 4 members (excludes halogenated alkanes) is 3. The third kappa shape index (κ3) is 12.6. The molecule has 4 rings (SSSR count). The summed E-state index contributed by atoms with van der Waals surface area (Å²) in [5, 5.41) is 13.9. The van der Waals surface area contributed by atoms with Gasteiger partial charge in [0.2, 0.25) is 0 Å². The average molecular weight is 800 g/mol. The van der Waals surface area contributed by atoms with E-state index in [1.54, 1.807) is 50.4 Å². The average Bonchev–Trinajstić information content (AvgIpc) is 3.44. The molecular formula is C36H45N7O10S2. The van der Waals surface area contributed by atoms with Gasteiger partial charge in [-0.1, -0.05) is 39.2 Å². The first-order chi connectivity index (χ1) is 26.1. The second-order valence-corrected chi connectivity index (χ2v) is 15.7. The monoisotopic (exact) mass is 799 g/mol. The molecule has 55 heavy (non-hydrogen) atoms. The molecule has 0 aliphatic heterocycles. The summed E-state index contributed by atoms with van der Waals surface area (Å²) >= 11 is 0. The van der Waals surface area contributed by atoms with E-state index in [0.29, 0.717) is 34.7 Å². The van der Waals surface area contributed by atoms with Crippen molar-refractivity contribution in [2.45, 2.75) is 65.1 Å². The van der Waals surface area contributed by atoms with Crippen LogP contribution in [0.4, 0.5) is 16.3 Å². The minimum Gasteiger partial charge on any atom is -0.449 e. The van der Waals surface area contributed by atoms with Crippen LogP contribution in [0.15, 0.2) is 66.9 Å². The number of amides is 2. The molecule has 3 N–H and O–H groups in total. The largest absolute Gasteiger partial charge is 0.449 e. The molecule has 19 heteroatoms. The maximum Gasteiger partial charge on any atom is 0.412 e. The molecular weight excluding hydrogens is 755 g/mol. The van der Waals surface area contributed by atoms with Crippen molar-refractivity contribution in [1.82, 2.24) is 19.9 Å². The molecule has 2 aromatic heterocycles. The maximum absolute atomic E-state index is 14.2. The highest BCUT2D eigenvalue weighted by Gasteiger charge is 2.34. The first-order valence-electron chi connectivity index (χ1n) is 17.5. The molecule has 0 bridgehead atoms. The quantitative estimate of drug-likeness (QED) is 0.0380. The maximum atomic E-state index is 14.2. The number of hydrogen-bond donors (Lipinski definition) is 3. The van der Waals surface area contributed by atoms with Crippen LogP contribution in [0.25, 0.3) is 11.0 Å². The van der Waals surface area contributed by atoms with Crippen molar-refractivity contribution in [2.75, 3.05) is 28.8 Å². The number of aryl methyl sites for hydroxylation is 1. The van der Waals surface area contributed by atoms with Gasteiger partial charge >= 0.3 is 22.2 Å². The van der Waals surface area contributed by atoms with Crippen LogP contribution in [0.1, 0.15) is 74.1 Å². The smallest absolute Gasteiger partial charge is 0.412 e. The lowest BCUT2D eigenvalue weighted by molar-refractivity contribution is -0.135. The fraction of sp³-hybridized carbons (Fsp3) is 0.389. The zero-order valence-electron chi connectivity index (χ0n) is 31.0. The number of carbonyl (C=O) groups excluding carboxylic acids is 3. The van der Waals surface area contributed by atoms with Crippen molar-refractivity contribution in [3.8, 4) is 0 Å². The van der Waals surface area contributed by atoms with Gasteiger partial charge in [0.1, 0.15) is 17.5 Å². The molecule has 296 valence electrons. The third-order valence-electron chi connectivity index (χ3n) is 8.01. The minimum atomic E-state index is -4.31. The van der Waals surface area contributed by atoms with Gasteiger partial charge in [0.15, 0.2) is 6.23 Å². The predicted octanol–water partition coefficient (Wildman–Crippen LogP) is 4.83. The number of nitrogens with one attached hydrogen (secondary N) is 3. The van der Waals surface area contributed by atoms with Gasteiger partial charge in [-0.3, -0.25) is 25.2 Å². The van der Waals surface area contributed by atoms with E-state index in [9.17, 15) is 31.2 Å². The van der Waals surface area contributed by atoms with E-state index in [4.69, 9.17) is 14.3 Å². The molecule has 0 aliphatic carbocycles. The molecule has 0 spiro atoms. The molecule has 0 fully saturated rings. The van der Waals surface area contributed by atoms with Gasteiger partial charge in [0, 0.05) is 30.1 Å². The van der Waals surface area contributed by atoms with Crippen molar-refractivity contribution in [2.24, 2.45) is 7.05 Å². The number of rotatable bonds is 19. The molecule has 1 unspecified atom stereocenters. The van der Waals surface area contributed by atoms with Gasteiger partial charge in [-0.25, -0.2) is 18.9 Å². The normalized spacial score (nSPS) is 12.1. The van der Waals surface area contributed by atoms with Crippen LogP contribution >= 0.6 is 0 Å². The fourth-order valence-corrected chi connectivity index (χ4v) is 6.87. The molecule has 1 atom stereocenters. The summed E-state index contributed by atoms with van der Waals surface area (Å²) < 4.78 is 65.7. The first kappa shape index (κ1) is 42.3. The number of alkyl carbamates (subject to hydrolysis) is 1. The Morgan fingerprint density at radius 3 is 2.33 bits per heavy atom. The summed E-state index contributed by atoms with van der Waals surface area (Å²) in [7, 11) is -6.78. The molecule has 0 saturated carbocycles. The molecule has 0 saturated heterocycles. The van der Waals surface area contributed by atoms with Crippen molar-refractivity contribution >= 4 is 66.6 Å². The Balaban J connectivity index is 1.51. The van der Waals surface area contributed by atoms with Crippen molar-refractivity contribution in [3.05, 3.63) is 83.8 Å². The second-order valence-electron chi connectivity index (χ2n) is 12.5. The highest BCUT2D eigenvalue weighted by atomic mass is 32.2. The third-order valence-corrected chi connectivity index (χ3v) is 9.93. The summed E-state index contributed by atoms with van der Waals surface area (Å²) in [6.07, 6.45) is 2.63. The van der Waals surface area contributed by atoms with Crippen LogP contribution < -0.4 is 15.5 Å². The van der Waals surface area contributed by atoms with E-state index >= 15 is 0 Å². The Labute approximate surface area is 320 Å². The van der Waals surface area contributed by atoms with Crippen LogP contribution in [0.2, 0.25) is 0 Å². The lowest BCUT2D eigenvalue weighted by Crippen LogP contribution is -2.45. The molecule has 2 aromatic carbocycles. The Kier molecular flexibility index (Phi) is 14.8. The standard InChI is InChI=1S/C36H45N7O10S2/c1-5-7-8-11-20-51-36(46)41-34(37)25-13-16-27(17-14-25)39-24-31-40-28-22-26(15-18-29(28)42(31)3)35(45)43(30-12-9-10-19-38-30)32(52-54(4,47)48)23-33(44)53-55(49,50)21-6-2/h9-10,12-19,22,32,39H,5-8,11,20-21,23-24H2,1-4H3,(H2,37,41,46). The van der Waals surface area contributed by atoms with Crippen molar-refractivity contribution in [3.63, 3.8) is 0 Å². The van der Waals surface area contributed by atoms with Gasteiger partial charge in [-0.15, -0.1) is 0 Å². The van der Waals surface area contributed by atoms with E-state index in [2.05, 4.69) is 31.7 Å². The van der Waals surface area contributed by atoms with Crippen molar-refractivity contribution in [1.29, 1.82) is 5.41 Å². The predicted molar refractivity (Wildman–Crippen MR) is 205 cm³/mol. The number of hydrogen-bond acceptors (Lipinski definition) is 14. The number of aromatic nitrogens is 3. The zero-order chi connectivity index (χ0) is 40.2. The number of nitrogens with zero attached hydrogens (tertiary/aromatic N) is 4. The lowest BCUT2D eigenvalue weighted by atomic mass is 10.1. The molecule has 0 aliphatic rings. The highest BCUT2D eigenvalue weighted by molar-refractivity contribution is 7.87. The summed E-state index contributed by atoms with van der Waals surface area (Å²) in [6.45, 7) is 4.23. The highest BCUT2D eigenvalue weighted by Crippen LogP contribution is 2.25. The van der Waals surface area contributed by atoms with Crippen LogP contribution in [0.3, 0.4) is 0 Å². The number of carbonyl (C=O) groups is 3. The molecule has 17 nitrogen and oxygen atoms in total. The number of anilines is 2. The van der Waals surface area contributed by atoms with Gasteiger partial charge in [0.05, 0.1) is 42.6 Å². The second kappa shape index (κ2) is 19.3. The summed E-state index contributed by atoms with van der Waals surface area (Å²) in [4.78, 5) is 48.7. The lowest BCUT2D eigenvalue weighted by Gasteiger charge is -2.29. The number of ether oxygens (including phenoxy) is 1. The number of benzene rings is 2. The Morgan fingerprint density at radius 1 is 0.945 bits per heavy atom. The Morgan fingerprint density at radius 2 is 1.67 bits per heavy atom. The summed E-state index contributed by atoms with van der Waals surface area (Å²) in [5.41, 5.74) is 2.32. The van der Waals surface area contributed by atoms with Gasteiger partial charge in [-0.2, -0.15) is 16.8 Å². The van der Waals surface area contributed by atoms with Crippen LogP contribution in [-0.2, 0) is 51.7 Å². The van der Waals surface area contributed by atoms with E-state index in [1.165, 1.54) is 30.5 Å². The minimum absolute atomic E-state index is 0.0388. The number of pyridine rings is 1. The van der Waals surface area contributed by atoms with E-state index in [1.807, 2.05) is 4.57 Å². The van der Waals surface area contributed by atoms with Gasteiger partial charge in [0.25, 0.3) is 16.0 Å². The molecule has 0 radical (unpaired) electrons. The van der Waals surface area contributed by atoms with Crippen LogP contribution in [0, 0.1) is 5.41 Å². The number of fused-ring (bicyclic) bond motifs is 1. The first-order valence-corrected chi connectivity index (χ1v) is 20.9. The molecule has 2 amide bonds. The van der Waals surface area contributed by atoms with Crippen LogP contribution in [-0.4, -0.2) is 80.0 Å². The number of imidazole rings is 1. The topological polar surface area (TPSA) is 229 Å². The Hall–Kier alpha value is -5.40.